The van der Waals surface area contributed by atoms with E-state index >= 15 is 0 Å². The van der Waals surface area contributed by atoms with Gasteiger partial charge in [-0.3, -0.25) is 14.6 Å². The average Bonchev–Trinajstić information content (AvgIpc) is 2.88. The zero-order chi connectivity index (χ0) is 21.3. The molecule has 0 aromatic heterocycles. The molecule has 30 heavy (non-hydrogen) atoms. The molecule has 1 aromatic carbocycles. The molecule has 0 unspecified atom stereocenters. The van der Waals surface area contributed by atoms with Crippen molar-refractivity contribution in [3.05, 3.63) is 70.0 Å². The van der Waals surface area contributed by atoms with Crippen LogP contribution in [-0.4, -0.2) is 29.7 Å². The first-order chi connectivity index (χ1) is 14.4. The molecule has 2 heterocycles. The molecule has 3 aliphatic rings. The monoisotopic (exact) mass is 402 g/mol. The van der Waals surface area contributed by atoms with Crippen molar-refractivity contribution >= 4 is 23.0 Å². The van der Waals surface area contributed by atoms with Crippen LogP contribution in [0.2, 0.25) is 0 Å². The number of anilines is 1. The number of piperidine rings is 1. The fraction of sp³-hybridized carbons (Fsp3) is 0.292. The summed E-state index contributed by atoms with van der Waals surface area (Å²) in [5, 5.41) is 0. The van der Waals surface area contributed by atoms with Gasteiger partial charge in [0, 0.05) is 36.0 Å². The van der Waals surface area contributed by atoms with Gasteiger partial charge in [-0.05, 0) is 50.5 Å². The highest BCUT2D eigenvalue weighted by atomic mass is 16.1. The van der Waals surface area contributed by atoms with Crippen molar-refractivity contribution in [2.24, 2.45) is 16.6 Å². The van der Waals surface area contributed by atoms with E-state index in [2.05, 4.69) is 28.1 Å². The summed E-state index contributed by atoms with van der Waals surface area (Å²) in [6.07, 6.45) is 1.54. The maximum absolute atomic E-state index is 12.6. The Bertz CT molecular complexity index is 1140. The summed E-state index contributed by atoms with van der Waals surface area (Å²) in [4.78, 5) is 34.0. The standard InChI is InChI=1S/C24H26N4O2/c1-15-8-9-18(28-12-10-17(11-13-28)23(25)29)14-21(15)26-16(2)22-19-6-4-3-5-7-20(19)27-24(22)30/h3-9,14,17H,10-13H2,1-2H3,(H2,25,29)(H,27,30)/b26-16+. The van der Waals surface area contributed by atoms with Crippen molar-refractivity contribution < 1.29 is 4.79 Å². The number of hydrogen-bond acceptors (Lipinski definition) is 4. The highest BCUT2D eigenvalue weighted by Gasteiger charge is 2.23. The molecule has 154 valence electrons. The smallest absolute Gasteiger partial charge is 0.258 e. The second-order valence-electron chi connectivity index (χ2n) is 7.90. The van der Waals surface area contributed by atoms with Gasteiger partial charge in [0.25, 0.3) is 5.56 Å². The lowest BCUT2D eigenvalue weighted by atomic mass is 9.96. The molecule has 1 aliphatic carbocycles. The Labute approximate surface area is 175 Å². The van der Waals surface area contributed by atoms with Crippen LogP contribution in [0.5, 0.6) is 0 Å². The van der Waals surface area contributed by atoms with E-state index in [-0.39, 0.29) is 17.4 Å². The Morgan fingerprint density at radius 3 is 2.60 bits per heavy atom. The van der Waals surface area contributed by atoms with Crippen LogP contribution in [0.1, 0.15) is 30.9 Å². The van der Waals surface area contributed by atoms with Crippen LogP contribution in [-0.2, 0) is 4.79 Å². The number of carbonyl (C=O) groups is 1. The number of rotatable bonds is 4. The molecule has 4 rings (SSSR count). The molecule has 0 saturated carbocycles. The molecule has 0 spiro atoms. The first kappa shape index (κ1) is 19.9. The lowest BCUT2D eigenvalue weighted by Crippen LogP contribution is -2.38. The van der Waals surface area contributed by atoms with Crippen molar-refractivity contribution in [1.82, 2.24) is 4.98 Å². The van der Waals surface area contributed by atoms with E-state index in [1.165, 1.54) is 0 Å². The molecule has 1 aromatic rings. The van der Waals surface area contributed by atoms with Crippen molar-refractivity contribution in [3.8, 4) is 11.3 Å². The number of nitrogens with one attached hydrogen (secondary N) is 1. The number of amides is 1. The number of primary amides is 1. The molecule has 3 N–H and O–H groups in total. The molecule has 1 fully saturated rings. The van der Waals surface area contributed by atoms with E-state index in [0.29, 0.717) is 11.3 Å². The number of aromatic nitrogens is 1. The van der Waals surface area contributed by atoms with Crippen molar-refractivity contribution in [1.29, 1.82) is 0 Å². The molecule has 0 atom stereocenters. The molecule has 0 bridgehead atoms. The SMILES string of the molecule is C/C(=N\c1cc(N2CCC(C(N)=O)CC2)ccc1C)c1c2cccccc-2[nH]c1=O. The lowest BCUT2D eigenvalue weighted by Gasteiger charge is -2.32. The van der Waals surface area contributed by atoms with E-state index in [9.17, 15) is 9.59 Å². The summed E-state index contributed by atoms with van der Waals surface area (Å²) in [6.45, 7) is 5.48. The number of H-pyrrole nitrogens is 1. The van der Waals surface area contributed by atoms with Gasteiger partial charge in [0.15, 0.2) is 0 Å². The Hall–Kier alpha value is -3.41. The van der Waals surface area contributed by atoms with Gasteiger partial charge in [-0.1, -0.05) is 30.3 Å². The maximum Gasteiger partial charge on any atom is 0.258 e. The highest BCUT2D eigenvalue weighted by Crippen LogP contribution is 2.30. The third-order valence-electron chi connectivity index (χ3n) is 5.89. The van der Waals surface area contributed by atoms with Crippen molar-refractivity contribution in [2.75, 3.05) is 18.0 Å². The largest absolute Gasteiger partial charge is 0.371 e. The molecule has 2 aliphatic heterocycles. The van der Waals surface area contributed by atoms with E-state index in [1.54, 1.807) is 0 Å². The van der Waals surface area contributed by atoms with Crippen LogP contribution in [0.15, 0.2) is 58.3 Å². The van der Waals surface area contributed by atoms with Crippen LogP contribution < -0.4 is 16.2 Å². The molecular weight excluding hydrogens is 376 g/mol. The van der Waals surface area contributed by atoms with Gasteiger partial charge in [0.1, 0.15) is 0 Å². The minimum absolute atomic E-state index is 0.0369. The van der Waals surface area contributed by atoms with Gasteiger partial charge in [-0.25, -0.2) is 0 Å². The third kappa shape index (κ3) is 3.85. The number of benzene rings is 1. The highest BCUT2D eigenvalue weighted by molar-refractivity contribution is 6.05. The first-order valence-corrected chi connectivity index (χ1v) is 10.3. The number of fused-ring (bicyclic) bond motifs is 1. The van der Waals surface area contributed by atoms with Crippen LogP contribution in [0.25, 0.3) is 11.3 Å². The quantitative estimate of drug-likeness (QED) is 0.653. The number of aromatic amines is 1. The van der Waals surface area contributed by atoms with Crippen LogP contribution in [0.3, 0.4) is 0 Å². The molecule has 1 amide bonds. The van der Waals surface area contributed by atoms with E-state index < -0.39 is 0 Å². The summed E-state index contributed by atoms with van der Waals surface area (Å²) in [5.74, 6) is -0.245. The zero-order valence-corrected chi connectivity index (χ0v) is 17.3. The van der Waals surface area contributed by atoms with Crippen LogP contribution >= 0.6 is 0 Å². The van der Waals surface area contributed by atoms with Gasteiger partial charge in [-0.15, -0.1) is 0 Å². The molecular formula is C24H26N4O2. The first-order valence-electron chi connectivity index (χ1n) is 10.3. The van der Waals surface area contributed by atoms with E-state index in [4.69, 9.17) is 10.7 Å². The second-order valence-corrected chi connectivity index (χ2v) is 7.90. The number of carbonyl (C=O) groups excluding carboxylic acids is 1. The van der Waals surface area contributed by atoms with Gasteiger partial charge in [0.05, 0.1) is 17.0 Å². The normalized spacial score (nSPS) is 15.5. The Morgan fingerprint density at radius 2 is 1.87 bits per heavy atom. The molecule has 0 radical (unpaired) electrons. The summed E-state index contributed by atoms with van der Waals surface area (Å²) in [5.41, 5.74) is 11.2. The Balaban J connectivity index is 1.65. The topological polar surface area (TPSA) is 91.5 Å². The fourth-order valence-electron chi connectivity index (χ4n) is 4.11. The van der Waals surface area contributed by atoms with Crippen molar-refractivity contribution in [2.45, 2.75) is 26.7 Å². The van der Waals surface area contributed by atoms with E-state index in [1.807, 2.05) is 44.2 Å². The van der Waals surface area contributed by atoms with E-state index in [0.717, 1.165) is 54.1 Å². The third-order valence-corrected chi connectivity index (χ3v) is 5.89. The minimum Gasteiger partial charge on any atom is -0.371 e. The number of aliphatic imine (C=N–C) groups is 1. The number of hydrogen-bond donors (Lipinski definition) is 2. The number of aryl methyl sites for hydroxylation is 1. The summed E-state index contributed by atoms with van der Waals surface area (Å²) in [6, 6.07) is 15.8. The van der Waals surface area contributed by atoms with Gasteiger partial charge in [-0.2, -0.15) is 0 Å². The predicted molar refractivity (Wildman–Crippen MR) is 121 cm³/mol. The molecule has 6 nitrogen and oxygen atoms in total. The summed E-state index contributed by atoms with van der Waals surface area (Å²) < 4.78 is 0. The number of nitrogens with zero attached hydrogens (tertiary/aromatic N) is 2. The predicted octanol–water partition coefficient (Wildman–Crippen LogP) is 3.63. The minimum atomic E-state index is -0.208. The average molecular weight is 402 g/mol. The summed E-state index contributed by atoms with van der Waals surface area (Å²) in [7, 11) is 0. The van der Waals surface area contributed by atoms with Gasteiger partial charge >= 0.3 is 0 Å². The van der Waals surface area contributed by atoms with Crippen LogP contribution in [0.4, 0.5) is 11.4 Å². The van der Waals surface area contributed by atoms with Crippen LogP contribution in [0, 0.1) is 12.8 Å². The fourth-order valence-corrected chi connectivity index (χ4v) is 4.11. The zero-order valence-electron chi connectivity index (χ0n) is 17.3. The van der Waals surface area contributed by atoms with Crippen molar-refractivity contribution in [3.63, 3.8) is 0 Å². The molecule has 1 saturated heterocycles. The Morgan fingerprint density at radius 1 is 1.13 bits per heavy atom. The Kier molecular flexibility index (Phi) is 5.40. The lowest BCUT2D eigenvalue weighted by molar-refractivity contribution is -0.122. The van der Waals surface area contributed by atoms with Gasteiger partial charge < -0.3 is 15.6 Å². The summed E-state index contributed by atoms with van der Waals surface area (Å²) >= 11 is 0. The second kappa shape index (κ2) is 8.14. The van der Waals surface area contributed by atoms with Gasteiger partial charge in [0.2, 0.25) is 5.91 Å². The molecule has 6 heteroatoms. The maximum atomic E-state index is 12.6. The number of nitrogens with two attached hydrogens (primary N) is 1.